The standard InChI is InChI=1S/C35H39N9O4.CH2O2/c1-23(46)38-29-7-5-6-27(28(29)21-45)26-18-37-44(20-26)32-17-25(10-11-36-32)33(47)40-34-39-30-9-8-24(19-42-14-12-41(4)13-15-42)16-31(30)43(34)22-35(2,3)48;2-1-3/h5-11,16-18,20-21,48H,12-15,19,22H2,1-4H3,(H,38,46)(H,39,40,47);1H,(H,2,3). The van der Waals surface area contributed by atoms with Gasteiger partial charge in [-0.25, -0.2) is 9.67 Å². The van der Waals surface area contributed by atoms with Crippen molar-refractivity contribution in [2.75, 3.05) is 38.5 Å². The van der Waals surface area contributed by atoms with Gasteiger partial charge in [0, 0.05) is 68.7 Å². The fourth-order valence-electron chi connectivity index (χ4n) is 5.87. The number of carboxylic acid groups (broad SMARTS) is 1. The molecule has 266 valence electrons. The van der Waals surface area contributed by atoms with Gasteiger partial charge in [-0.05, 0) is 62.4 Å². The zero-order valence-corrected chi connectivity index (χ0v) is 28.9. The smallest absolute Gasteiger partial charge is 0.290 e. The van der Waals surface area contributed by atoms with Gasteiger partial charge in [0.1, 0.15) is 0 Å². The highest BCUT2D eigenvalue weighted by Gasteiger charge is 2.20. The molecule has 3 aromatic heterocycles. The minimum Gasteiger partial charge on any atom is -0.483 e. The second-order valence-electron chi connectivity index (χ2n) is 12.9. The molecule has 0 radical (unpaired) electrons. The van der Waals surface area contributed by atoms with Crippen molar-refractivity contribution in [3.8, 4) is 16.9 Å². The van der Waals surface area contributed by atoms with E-state index in [1.807, 2.05) is 10.6 Å². The van der Waals surface area contributed by atoms with Crippen LogP contribution in [-0.4, -0.2) is 108 Å². The van der Waals surface area contributed by atoms with E-state index >= 15 is 0 Å². The van der Waals surface area contributed by atoms with Crippen LogP contribution in [0, 0.1) is 0 Å². The van der Waals surface area contributed by atoms with E-state index in [0.29, 0.717) is 45.7 Å². The average molecular weight is 696 g/mol. The summed E-state index contributed by atoms with van der Waals surface area (Å²) in [5.74, 6) is -0.403. The number of benzene rings is 2. The van der Waals surface area contributed by atoms with Gasteiger partial charge >= 0.3 is 0 Å². The number of hydrogen-bond donors (Lipinski definition) is 4. The second kappa shape index (κ2) is 15.8. The molecule has 1 fully saturated rings. The number of nitrogens with one attached hydrogen (secondary N) is 2. The van der Waals surface area contributed by atoms with Gasteiger partial charge in [-0.1, -0.05) is 18.2 Å². The highest BCUT2D eigenvalue weighted by molar-refractivity contribution is 6.00. The van der Waals surface area contributed by atoms with Crippen molar-refractivity contribution in [3.05, 3.63) is 89.4 Å². The molecule has 0 saturated carbocycles. The number of nitrogens with zero attached hydrogens (tertiary/aromatic N) is 7. The zero-order chi connectivity index (χ0) is 36.7. The number of rotatable bonds is 9. The summed E-state index contributed by atoms with van der Waals surface area (Å²) in [5, 5.41) is 24.8. The van der Waals surface area contributed by atoms with Crippen LogP contribution >= 0.6 is 0 Å². The summed E-state index contributed by atoms with van der Waals surface area (Å²) in [4.78, 5) is 62.4. The minimum absolute atomic E-state index is 0.223. The van der Waals surface area contributed by atoms with Gasteiger partial charge in [-0.15, -0.1) is 0 Å². The lowest BCUT2D eigenvalue weighted by Crippen LogP contribution is -2.43. The molecule has 1 aliphatic rings. The van der Waals surface area contributed by atoms with Crippen molar-refractivity contribution in [2.45, 2.75) is 39.5 Å². The van der Waals surface area contributed by atoms with Crippen LogP contribution in [0.2, 0.25) is 0 Å². The lowest BCUT2D eigenvalue weighted by molar-refractivity contribution is -0.123. The van der Waals surface area contributed by atoms with Gasteiger partial charge in [0.2, 0.25) is 11.5 Å². The number of aromatic amines is 1. The van der Waals surface area contributed by atoms with Gasteiger partial charge in [-0.3, -0.25) is 24.1 Å². The minimum atomic E-state index is -1.06. The van der Waals surface area contributed by atoms with Crippen LogP contribution in [0.5, 0.6) is 0 Å². The number of amides is 2. The fraction of sp³-hybridized carbons (Fsp3) is 0.306. The molecule has 2 aromatic carbocycles. The molecule has 6 rings (SSSR count). The average Bonchev–Trinajstić information content (AvgIpc) is 3.70. The van der Waals surface area contributed by atoms with Crippen LogP contribution < -0.4 is 10.9 Å². The van der Waals surface area contributed by atoms with Crippen molar-refractivity contribution in [3.63, 3.8) is 0 Å². The number of piperazine rings is 1. The maximum absolute atomic E-state index is 13.6. The van der Waals surface area contributed by atoms with E-state index in [2.05, 4.69) is 54.4 Å². The van der Waals surface area contributed by atoms with Crippen molar-refractivity contribution in [2.24, 2.45) is 4.99 Å². The summed E-state index contributed by atoms with van der Waals surface area (Å²) in [6.45, 7) is 9.67. The Morgan fingerprint density at radius 3 is 2.51 bits per heavy atom. The van der Waals surface area contributed by atoms with Crippen LogP contribution in [0.3, 0.4) is 0 Å². The number of aromatic nitrogens is 5. The van der Waals surface area contributed by atoms with Gasteiger partial charge in [0.05, 0.1) is 35.1 Å². The zero-order valence-electron chi connectivity index (χ0n) is 28.9. The molecule has 15 heteroatoms. The number of anilines is 1. The molecule has 0 unspecified atom stereocenters. The van der Waals surface area contributed by atoms with E-state index in [0.717, 1.165) is 49.3 Å². The van der Waals surface area contributed by atoms with Gasteiger partial charge in [-0.2, -0.15) is 10.1 Å². The number of aliphatic hydroxyl groups is 1. The third kappa shape index (κ3) is 9.08. The summed E-state index contributed by atoms with van der Waals surface area (Å²) in [6, 6.07) is 14.5. The number of pyridine rings is 1. The largest absolute Gasteiger partial charge is 0.483 e. The topological polar surface area (TPSA) is 191 Å². The summed E-state index contributed by atoms with van der Waals surface area (Å²) in [6.07, 6.45) is 5.48. The predicted octanol–water partition coefficient (Wildman–Crippen LogP) is 2.95. The predicted molar refractivity (Wildman–Crippen MR) is 190 cm³/mol. The first-order valence-electron chi connectivity index (χ1n) is 16.3. The summed E-state index contributed by atoms with van der Waals surface area (Å²) >= 11 is 0. The molecule has 4 N–H and O–H groups in total. The molecular formula is C36H41N9O6. The van der Waals surface area contributed by atoms with Crippen LogP contribution in [0.4, 0.5) is 5.69 Å². The number of fused-ring (bicyclic) bond motifs is 1. The number of likely N-dealkylation sites (N-methyl/N-ethyl adjacent to an activating group) is 1. The monoisotopic (exact) mass is 695 g/mol. The Bertz CT molecular complexity index is 2120. The highest BCUT2D eigenvalue weighted by atomic mass is 16.3. The number of imidazole rings is 1. The molecular weight excluding hydrogens is 654 g/mol. The second-order valence-corrected chi connectivity index (χ2v) is 12.9. The number of hydrogen-bond acceptors (Lipinski definition) is 9. The molecule has 5 aromatic rings. The Morgan fingerprint density at radius 2 is 1.82 bits per heavy atom. The molecule has 15 nitrogen and oxygen atoms in total. The van der Waals surface area contributed by atoms with Crippen molar-refractivity contribution >= 4 is 41.3 Å². The first kappa shape index (κ1) is 36.5. The third-order valence-corrected chi connectivity index (χ3v) is 8.27. The molecule has 0 spiro atoms. The number of aldehydes is 1. The van der Waals surface area contributed by atoms with Crippen LogP contribution in [-0.2, 0) is 22.7 Å². The molecule has 1 aliphatic heterocycles. The van der Waals surface area contributed by atoms with Crippen molar-refractivity contribution in [1.29, 1.82) is 0 Å². The highest BCUT2D eigenvalue weighted by Crippen LogP contribution is 2.28. The number of carbonyl (C=O) groups is 4. The molecule has 0 aliphatic carbocycles. The van der Waals surface area contributed by atoms with E-state index in [1.165, 1.54) is 17.8 Å². The third-order valence-electron chi connectivity index (χ3n) is 8.27. The van der Waals surface area contributed by atoms with E-state index in [-0.39, 0.29) is 18.9 Å². The first-order chi connectivity index (χ1) is 24.4. The van der Waals surface area contributed by atoms with E-state index in [1.54, 1.807) is 56.6 Å². The Kier molecular flexibility index (Phi) is 11.3. The van der Waals surface area contributed by atoms with E-state index < -0.39 is 11.5 Å². The van der Waals surface area contributed by atoms with Gasteiger partial charge < -0.3 is 30.0 Å². The fourth-order valence-corrected chi connectivity index (χ4v) is 5.87. The molecule has 0 atom stereocenters. The summed E-state index contributed by atoms with van der Waals surface area (Å²) in [5.41, 5.74) is 4.32. The SMILES string of the molecule is CC(=O)Nc1cccc(-c2cnn(-c3cc(C(=O)/N=c4\[nH]c5ccc(CN6CCN(C)CC6)cc5n4CC(C)(C)O)ccn3)c2)c1C=O.O=CO. The number of H-pyrrole nitrogens is 1. The van der Waals surface area contributed by atoms with Crippen molar-refractivity contribution < 1.29 is 29.4 Å². The Morgan fingerprint density at radius 1 is 1.08 bits per heavy atom. The Hall–Kier alpha value is -5.77. The maximum atomic E-state index is 13.6. The van der Waals surface area contributed by atoms with Gasteiger partial charge in [0.25, 0.3) is 12.4 Å². The molecule has 51 heavy (non-hydrogen) atoms. The van der Waals surface area contributed by atoms with Gasteiger partial charge in [0.15, 0.2) is 12.1 Å². The molecule has 4 heterocycles. The Labute approximate surface area is 293 Å². The van der Waals surface area contributed by atoms with E-state index in [4.69, 9.17) is 9.90 Å². The Balaban J connectivity index is 0.00000162. The van der Waals surface area contributed by atoms with E-state index in [9.17, 15) is 19.5 Å². The normalized spacial score (nSPS) is 14.2. The summed E-state index contributed by atoms with van der Waals surface area (Å²) in [7, 11) is 2.14. The quantitative estimate of drug-likeness (QED) is 0.167. The molecule has 1 saturated heterocycles. The molecule has 2 amide bonds. The molecule has 0 bridgehead atoms. The lowest BCUT2D eigenvalue weighted by Gasteiger charge is -2.32. The van der Waals surface area contributed by atoms with Crippen LogP contribution in [0.15, 0.2) is 72.1 Å². The van der Waals surface area contributed by atoms with Crippen molar-refractivity contribution in [1.82, 2.24) is 34.1 Å². The van der Waals surface area contributed by atoms with Crippen LogP contribution in [0.1, 0.15) is 47.1 Å². The summed E-state index contributed by atoms with van der Waals surface area (Å²) < 4.78 is 3.35. The van der Waals surface area contributed by atoms with Crippen LogP contribution in [0.25, 0.3) is 28.0 Å². The first-order valence-corrected chi connectivity index (χ1v) is 16.3. The maximum Gasteiger partial charge on any atom is 0.290 e. The number of carbonyl (C=O) groups excluding carboxylic acids is 3. The lowest BCUT2D eigenvalue weighted by atomic mass is 10.0.